The monoisotopic (exact) mass is 296 g/mol. The smallest absolute Gasteiger partial charge is 0.0504 e. The van der Waals surface area contributed by atoms with Crippen LogP contribution in [0, 0.1) is 0 Å². The molecule has 1 aromatic carbocycles. The average Bonchev–Trinajstić information content (AvgIpc) is 2.47. The summed E-state index contributed by atoms with van der Waals surface area (Å²) in [6, 6.07) is 8.58. The fourth-order valence-corrected chi connectivity index (χ4v) is 3.24. The van der Waals surface area contributed by atoms with Crippen LogP contribution in [0.3, 0.4) is 0 Å². The minimum Gasteiger partial charge on any atom is -0.309 e. The lowest BCUT2D eigenvalue weighted by Gasteiger charge is -2.46. The Hall–Kier alpha value is -0.570. The van der Waals surface area contributed by atoms with E-state index >= 15 is 0 Å². The van der Waals surface area contributed by atoms with Crippen molar-refractivity contribution in [1.82, 2.24) is 10.2 Å². The lowest BCUT2D eigenvalue weighted by atomic mass is 9.82. The molecule has 0 amide bonds. The maximum Gasteiger partial charge on any atom is 0.0504 e. The predicted octanol–water partition coefficient (Wildman–Crippen LogP) is 4.50. The summed E-state index contributed by atoms with van der Waals surface area (Å²) in [5, 5.41) is 4.47. The van der Waals surface area contributed by atoms with Crippen molar-refractivity contribution in [1.29, 1.82) is 0 Å². The first-order chi connectivity index (χ1) is 9.53. The lowest BCUT2D eigenvalue weighted by molar-refractivity contribution is 0.0704. The van der Waals surface area contributed by atoms with Crippen molar-refractivity contribution in [2.45, 2.75) is 52.6 Å². The van der Waals surface area contributed by atoms with E-state index in [4.69, 9.17) is 11.6 Å². The Labute approximate surface area is 129 Å². The van der Waals surface area contributed by atoms with Crippen molar-refractivity contribution in [3.8, 4) is 0 Å². The highest BCUT2D eigenvalue weighted by Gasteiger charge is 2.37. The van der Waals surface area contributed by atoms with E-state index in [9.17, 15) is 0 Å². The molecule has 1 rings (SSSR count). The SMILES string of the molecule is CCNC(c1ccc(Cl)cc1)C(C)(CC)N(CC)CC. The summed E-state index contributed by atoms with van der Waals surface area (Å²) in [4.78, 5) is 2.55. The molecule has 2 atom stereocenters. The molecular weight excluding hydrogens is 268 g/mol. The zero-order chi connectivity index (χ0) is 15.2. The van der Waals surface area contributed by atoms with E-state index in [2.05, 4.69) is 57.0 Å². The van der Waals surface area contributed by atoms with Crippen molar-refractivity contribution >= 4 is 11.6 Å². The number of halogens is 1. The third-order valence-electron chi connectivity index (χ3n) is 4.44. The van der Waals surface area contributed by atoms with Crippen molar-refractivity contribution in [3.05, 3.63) is 34.9 Å². The van der Waals surface area contributed by atoms with Crippen LogP contribution in [0.5, 0.6) is 0 Å². The third kappa shape index (κ3) is 3.75. The number of likely N-dealkylation sites (N-methyl/N-ethyl adjacent to an activating group) is 2. The standard InChI is InChI=1S/C17H29ClN2/c1-6-17(5,20(8-3)9-4)16(19-7-2)14-10-12-15(18)13-11-14/h10-13,16,19H,6-9H2,1-5H3. The molecule has 2 nitrogen and oxygen atoms in total. The zero-order valence-corrected chi connectivity index (χ0v) is 14.3. The minimum atomic E-state index is 0.105. The van der Waals surface area contributed by atoms with Gasteiger partial charge >= 0.3 is 0 Å². The predicted molar refractivity (Wildman–Crippen MR) is 89.5 cm³/mol. The van der Waals surface area contributed by atoms with E-state index in [0.717, 1.165) is 31.1 Å². The third-order valence-corrected chi connectivity index (χ3v) is 4.69. The fourth-order valence-electron chi connectivity index (χ4n) is 3.11. The molecule has 0 radical (unpaired) electrons. The molecule has 3 heteroatoms. The van der Waals surface area contributed by atoms with E-state index < -0.39 is 0 Å². The highest BCUT2D eigenvalue weighted by atomic mass is 35.5. The molecule has 2 unspecified atom stereocenters. The van der Waals surface area contributed by atoms with Crippen LogP contribution in [-0.2, 0) is 0 Å². The molecule has 1 aromatic rings. The van der Waals surface area contributed by atoms with Crippen LogP contribution in [0.1, 0.15) is 52.6 Å². The van der Waals surface area contributed by atoms with Gasteiger partial charge in [-0.25, -0.2) is 0 Å². The number of nitrogens with one attached hydrogen (secondary N) is 1. The van der Waals surface area contributed by atoms with Gasteiger partial charge in [0.25, 0.3) is 0 Å². The summed E-state index contributed by atoms with van der Waals surface area (Å²) < 4.78 is 0. The summed E-state index contributed by atoms with van der Waals surface area (Å²) >= 11 is 6.03. The van der Waals surface area contributed by atoms with Gasteiger partial charge in [0.2, 0.25) is 0 Å². The van der Waals surface area contributed by atoms with Crippen LogP contribution in [0.25, 0.3) is 0 Å². The largest absolute Gasteiger partial charge is 0.309 e. The molecule has 0 fully saturated rings. The van der Waals surface area contributed by atoms with Crippen molar-refractivity contribution in [2.24, 2.45) is 0 Å². The lowest BCUT2D eigenvalue weighted by Crippen LogP contribution is -2.54. The second-order valence-electron chi connectivity index (χ2n) is 5.43. The quantitative estimate of drug-likeness (QED) is 0.760. The van der Waals surface area contributed by atoms with Crippen LogP contribution in [0.2, 0.25) is 5.02 Å². The molecule has 0 aromatic heterocycles. The summed E-state index contributed by atoms with van der Waals surface area (Å²) in [6.45, 7) is 14.4. The molecule has 0 heterocycles. The Morgan fingerprint density at radius 1 is 1.10 bits per heavy atom. The van der Waals surface area contributed by atoms with Gasteiger partial charge in [-0.05, 0) is 50.7 Å². The molecule has 0 aliphatic heterocycles. The van der Waals surface area contributed by atoms with E-state index in [1.807, 2.05) is 12.1 Å². The molecular formula is C17H29ClN2. The minimum absolute atomic E-state index is 0.105. The number of hydrogen-bond donors (Lipinski definition) is 1. The Balaban J connectivity index is 3.18. The summed E-state index contributed by atoms with van der Waals surface area (Å²) in [5.41, 5.74) is 1.42. The Morgan fingerprint density at radius 2 is 1.65 bits per heavy atom. The summed E-state index contributed by atoms with van der Waals surface area (Å²) in [6.07, 6.45) is 1.11. The van der Waals surface area contributed by atoms with Gasteiger partial charge in [-0.15, -0.1) is 0 Å². The van der Waals surface area contributed by atoms with Gasteiger partial charge in [0, 0.05) is 10.6 Å². The van der Waals surface area contributed by atoms with E-state index in [0.29, 0.717) is 6.04 Å². The van der Waals surface area contributed by atoms with Gasteiger partial charge in [0.1, 0.15) is 0 Å². The number of benzene rings is 1. The molecule has 20 heavy (non-hydrogen) atoms. The van der Waals surface area contributed by atoms with Gasteiger partial charge in [0.15, 0.2) is 0 Å². The van der Waals surface area contributed by atoms with Gasteiger partial charge < -0.3 is 5.32 Å². The highest BCUT2D eigenvalue weighted by Crippen LogP contribution is 2.34. The van der Waals surface area contributed by atoms with Gasteiger partial charge in [-0.1, -0.05) is 51.4 Å². The molecule has 0 bridgehead atoms. The molecule has 0 saturated heterocycles. The topological polar surface area (TPSA) is 15.3 Å². The number of nitrogens with zero attached hydrogens (tertiary/aromatic N) is 1. The summed E-state index contributed by atoms with van der Waals surface area (Å²) in [7, 11) is 0. The van der Waals surface area contributed by atoms with Gasteiger partial charge in [-0.3, -0.25) is 4.90 Å². The van der Waals surface area contributed by atoms with Gasteiger partial charge in [-0.2, -0.15) is 0 Å². The Bertz CT molecular complexity index is 386. The maximum atomic E-state index is 6.03. The van der Waals surface area contributed by atoms with Crippen molar-refractivity contribution in [3.63, 3.8) is 0 Å². The van der Waals surface area contributed by atoms with E-state index in [1.165, 1.54) is 5.56 Å². The van der Waals surface area contributed by atoms with Crippen LogP contribution in [-0.4, -0.2) is 30.1 Å². The second kappa shape index (κ2) is 8.02. The molecule has 0 saturated carbocycles. The number of hydrogen-bond acceptors (Lipinski definition) is 2. The zero-order valence-electron chi connectivity index (χ0n) is 13.5. The fraction of sp³-hybridized carbons (Fsp3) is 0.647. The molecule has 0 aliphatic carbocycles. The van der Waals surface area contributed by atoms with Crippen LogP contribution >= 0.6 is 11.6 Å². The molecule has 1 N–H and O–H groups in total. The molecule has 0 aliphatic rings. The highest BCUT2D eigenvalue weighted by molar-refractivity contribution is 6.30. The van der Waals surface area contributed by atoms with Crippen LogP contribution in [0.4, 0.5) is 0 Å². The van der Waals surface area contributed by atoms with Crippen LogP contribution < -0.4 is 5.32 Å². The summed E-state index contributed by atoms with van der Waals surface area (Å²) in [5.74, 6) is 0. The first-order valence-electron chi connectivity index (χ1n) is 7.77. The maximum absolute atomic E-state index is 6.03. The number of rotatable bonds is 8. The van der Waals surface area contributed by atoms with E-state index in [-0.39, 0.29) is 5.54 Å². The van der Waals surface area contributed by atoms with E-state index in [1.54, 1.807) is 0 Å². The molecule has 0 spiro atoms. The van der Waals surface area contributed by atoms with Crippen LogP contribution in [0.15, 0.2) is 24.3 Å². The van der Waals surface area contributed by atoms with Crippen molar-refractivity contribution < 1.29 is 0 Å². The second-order valence-corrected chi connectivity index (χ2v) is 5.86. The first-order valence-corrected chi connectivity index (χ1v) is 8.15. The van der Waals surface area contributed by atoms with Gasteiger partial charge in [0.05, 0.1) is 6.04 Å². The Morgan fingerprint density at radius 3 is 2.05 bits per heavy atom. The molecule has 114 valence electrons. The average molecular weight is 297 g/mol. The van der Waals surface area contributed by atoms with Crippen molar-refractivity contribution in [2.75, 3.05) is 19.6 Å². The first kappa shape index (κ1) is 17.5. The normalized spacial score (nSPS) is 16.1. The Kier molecular flexibility index (Phi) is 7.01.